The summed E-state index contributed by atoms with van der Waals surface area (Å²) in [5, 5.41) is 13.6. The number of fused-ring (bicyclic) bond motifs is 1. The van der Waals surface area contributed by atoms with Gasteiger partial charge in [-0.1, -0.05) is 42.5 Å². The Morgan fingerprint density at radius 1 is 0.912 bits per heavy atom. The number of amides is 1. The van der Waals surface area contributed by atoms with E-state index in [1.807, 2.05) is 18.2 Å². The van der Waals surface area contributed by atoms with Gasteiger partial charge in [-0.2, -0.15) is 10.2 Å². The van der Waals surface area contributed by atoms with Crippen molar-refractivity contribution >= 4 is 22.5 Å². The molecule has 0 spiro atoms. The van der Waals surface area contributed by atoms with E-state index in [-0.39, 0.29) is 18.2 Å². The molecule has 0 radical (unpaired) electrons. The minimum atomic E-state index is -0.816. The van der Waals surface area contributed by atoms with Crippen molar-refractivity contribution in [1.29, 1.82) is 0 Å². The van der Waals surface area contributed by atoms with Crippen LogP contribution in [0.2, 0.25) is 0 Å². The molecule has 5 rings (SSSR count). The predicted molar refractivity (Wildman–Crippen MR) is 122 cm³/mol. The standard InChI is InChI=1S/C25H19F2N5O2/c26-19-8-9-23(21(27)14-19)34-16-32-12-10-22(29-32)25(33)28-24-11-13-31(30-24)15-18-6-3-5-17-4-1-2-7-20(17)18/h1-14H,15-16H2,(H,28,30,33). The highest BCUT2D eigenvalue weighted by molar-refractivity contribution is 6.02. The van der Waals surface area contributed by atoms with E-state index >= 15 is 0 Å². The van der Waals surface area contributed by atoms with Gasteiger partial charge < -0.3 is 10.1 Å². The van der Waals surface area contributed by atoms with E-state index in [2.05, 4.69) is 39.8 Å². The molecule has 2 heterocycles. The summed E-state index contributed by atoms with van der Waals surface area (Å²) in [5.41, 5.74) is 1.27. The van der Waals surface area contributed by atoms with Crippen LogP contribution in [0, 0.1) is 11.6 Å². The highest BCUT2D eigenvalue weighted by Gasteiger charge is 2.13. The Labute approximate surface area is 193 Å². The summed E-state index contributed by atoms with van der Waals surface area (Å²) >= 11 is 0. The molecular formula is C25H19F2N5O2. The van der Waals surface area contributed by atoms with Gasteiger partial charge >= 0.3 is 0 Å². The number of anilines is 1. The van der Waals surface area contributed by atoms with E-state index in [1.165, 1.54) is 23.0 Å². The van der Waals surface area contributed by atoms with Crippen LogP contribution < -0.4 is 10.1 Å². The van der Waals surface area contributed by atoms with Crippen LogP contribution >= 0.6 is 0 Å². The van der Waals surface area contributed by atoms with Crippen LogP contribution in [0.3, 0.4) is 0 Å². The smallest absolute Gasteiger partial charge is 0.277 e. The number of ether oxygens (including phenoxy) is 1. The largest absolute Gasteiger partial charge is 0.468 e. The third-order valence-electron chi connectivity index (χ3n) is 5.21. The lowest BCUT2D eigenvalue weighted by Gasteiger charge is -2.07. The van der Waals surface area contributed by atoms with Crippen LogP contribution in [0.25, 0.3) is 10.8 Å². The van der Waals surface area contributed by atoms with E-state index in [9.17, 15) is 13.6 Å². The van der Waals surface area contributed by atoms with Crippen LogP contribution in [-0.2, 0) is 13.3 Å². The van der Waals surface area contributed by atoms with Gasteiger partial charge in [-0.25, -0.2) is 13.5 Å². The molecule has 3 aromatic carbocycles. The molecule has 0 aliphatic heterocycles. The van der Waals surface area contributed by atoms with Crippen LogP contribution in [0.5, 0.6) is 5.75 Å². The normalized spacial score (nSPS) is 11.0. The Morgan fingerprint density at radius 2 is 1.74 bits per heavy atom. The molecule has 0 atom stereocenters. The lowest BCUT2D eigenvalue weighted by atomic mass is 10.0. The summed E-state index contributed by atoms with van der Waals surface area (Å²) in [6.07, 6.45) is 3.32. The summed E-state index contributed by atoms with van der Waals surface area (Å²) in [6, 6.07) is 20.5. The first-order chi connectivity index (χ1) is 16.5. The third kappa shape index (κ3) is 4.63. The fraction of sp³-hybridized carbons (Fsp3) is 0.0800. The molecule has 34 heavy (non-hydrogen) atoms. The molecule has 0 saturated carbocycles. The average Bonchev–Trinajstić information content (AvgIpc) is 3.48. The molecule has 0 aliphatic rings. The number of carbonyl (C=O) groups is 1. The number of halogens is 2. The number of hydrogen-bond donors (Lipinski definition) is 1. The van der Waals surface area contributed by atoms with E-state index in [1.54, 1.807) is 16.9 Å². The molecule has 0 unspecified atom stereocenters. The summed E-state index contributed by atoms with van der Waals surface area (Å²) in [6.45, 7) is 0.415. The molecule has 0 saturated heterocycles. The van der Waals surface area contributed by atoms with Gasteiger partial charge in [0.1, 0.15) is 5.82 Å². The minimum Gasteiger partial charge on any atom is -0.468 e. The molecular weight excluding hydrogens is 440 g/mol. The Kier molecular flexibility index (Phi) is 5.73. The summed E-state index contributed by atoms with van der Waals surface area (Å²) in [4.78, 5) is 12.6. The lowest BCUT2D eigenvalue weighted by Crippen LogP contribution is -2.15. The molecule has 9 heteroatoms. The van der Waals surface area contributed by atoms with Crippen molar-refractivity contribution < 1.29 is 18.3 Å². The number of carbonyl (C=O) groups excluding carboxylic acids is 1. The molecule has 1 N–H and O–H groups in total. The monoisotopic (exact) mass is 459 g/mol. The third-order valence-corrected chi connectivity index (χ3v) is 5.21. The molecule has 170 valence electrons. The van der Waals surface area contributed by atoms with E-state index in [0.717, 1.165) is 28.5 Å². The molecule has 7 nitrogen and oxygen atoms in total. The van der Waals surface area contributed by atoms with Crippen molar-refractivity contribution in [2.45, 2.75) is 13.3 Å². The Balaban J connectivity index is 1.21. The predicted octanol–water partition coefficient (Wildman–Crippen LogP) is 4.85. The number of nitrogens with zero attached hydrogens (tertiary/aromatic N) is 4. The lowest BCUT2D eigenvalue weighted by molar-refractivity contribution is 0.101. The van der Waals surface area contributed by atoms with Crippen LogP contribution in [-0.4, -0.2) is 25.5 Å². The van der Waals surface area contributed by atoms with Crippen molar-refractivity contribution in [3.8, 4) is 5.75 Å². The van der Waals surface area contributed by atoms with Crippen LogP contribution in [0.15, 0.2) is 85.2 Å². The maximum atomic E-state index is 13.7. The van der Waals surface area contributed by atoms with Gasteiger partial charge in [0.05, 0.1) is 6.54 Å². The maximum absolute atomic E-state index is 13.7. The molecule has 0 fully saturated rings. The molecule has 0 bridgehead atoms. The first kappa shape index (κ1) is 21.3. The van der Waals surface area contributed by atoms with Crippen molar-refractivity contribution in [3.63, 3.8) is 0 Å². The zero-order valence-corrected chi connectivity index (χ0v) is 17.9. The van der Waals surface area contributed by atoms with E-state index in [0.29, 0.717) is 12.4 Å². The summed E-state index contributed by atoms with van der Waals surface area (Å²) in [5.74, 6) is -1.67. The fourth-order valence-electron chi connectivity index (χ4n) is 3.58. The van der Waals surface area contributed by atoms with Crippen molar-refractivity contribution in [2.75, 3.05) is 5.32 Å². The van der Waals surface area contributed by atoms with Crippen LogP contribution in [0.1, 0.15) is 16.1 Å². The van der Waals surface area contributed by atoms with Gasteiger partial charge in [-0.15, -0.1) is 0 Å². The van der Waals surface area contributed by atoms with Gasteiger partial charge in [-0.3, -0.25) is 9.48 Å². The van der Waals surface area contributed by atoms with Gasteiger partial charge in [0.25, 0.3) is 5.91 Å². The number of aromatic nitrogens is 4. The number of hydrogen-bond acceptors (Lipinski definition) is 4. The second kappa shape index (κ2) is 9.14. The average molecular weight is 459 g/mol. The van der Waals surface area contributed by atoms with Crippen LogP contribution in [0.4, 0.5) is 14.6 Å². The number of nitrogens with one attached hydrogen (secondary N) is 1. The Bertz CT molecular complexity index is 1470. The second-order valence-corrected chi connectivity index (χ2v) is 7.58. The highest BCUT2D eigenvalue weighted by Crippen LogP contribution is 2.20. The van der Waals surface area contributed by atoms with Gasteiger partial charge in [-0.05, 0) is 34.5 Å². The summed E-state index contributed by atoms with van der Waals surface area (Å²) in [7, 11) is 0. The van der Waals surface area contributed by atoms with Gasteiger partial charge in [0.2, 0.25) is 0 Å². The minimum absolute atomic E-state index is 0.111. The maximum Gasteiger partial charge on any atom is 0.277 e. The first-order valence-corrected chi connectivity index (χ1v) is 10.5. The number of benzene rings is 3. The van der Waals surface area contributed by atoms with Crippen molar-refractivity contribution in [1.82, 2.24) is 19.6 Å². The molecule has 0 aliphatic carbocycles. The zero-order valence-electron chi connectivity index (χ0n) is 17.9. The Hall–Kier alpha value is -4.53. The van der Waals surface area contributed by atoms with E-state index < -0.39 is 17.5 Å². The van der Waals surface area contributed by atoms with Gasteiger partial charge in [0.15, 0.2) is 29.8 Å². The van der Waals surface area contributed by atoms with Gasteiger partial charge in [0, 0.05) is 24.5 Å². The second-order valence-electron chi connectivity index (χ2n) is 7.58. The van der Waals surface area contributed by atoms with E-state index in [4.69, 9.17) is 4.74 Å². The molecule has 2 aromatic heterocycles. The van der Waals surface area contributed by atoms with Crippen molar-refractivity contribution in [2.24, 2.45) is 0 Å². The van der Waals surface area contributed by atoms with Crippen molar-refractivity contribution in [3.05, 3.63) is 108 Å². The zero-order chi connectivity index (χ0) is 23.5. The molecule has 1 amide bonds. The summed E-state index contributed by atoms with van der Waals surface area (Å²) < 4.78 is 35.0. The Morgan fingerprint density at radius 3 is 2.62 bits per heavy atom. The fourth-order valence-corrected chi connectivity index (χ4v) is 3.58. The first-order valence-electron chi connectivity index (χ1n) is 10.5. The highest BCUT2D eigenvalue weighted by atomic mass is 19.1. The SMILES string of the molecule is O=C(Nc1ccn(Cc2cccc3ccccc23)n1)c1ccn(COc2ccc(F)cc2F)n1. The quantitative estimate of drug-likeness (QED) is 0.378. The number of rotatable bonds is 7. The topological polar surface area (TPSA) is 74.0 Å². The molecule has 5 aromatic rings.